The van der Waals surface area contributed by atoms with Crippen LogP contribution in [0.4, 0.5) is 0 Å². The Bertz CT molecular complexity index is 494. The number of fused-ring (bicyclic) bond motifs is 1. The van der Waals surface area contributed by atoms with Crippen LogP contribution in [0.3, 0.4) is 0 Å². The first-order chi connectivity index (χ1) is 8.38. The molecule has 4 heteroatoms. The fraction of sp³-hybridized carbons (Fsp3) is 0.500. The quantitative estimate of drug-likeness (QED) is 0.777. The summed E-state index contributed by atoms with van der Waals surface area (Å²) in [6, 6.07) is 8.02. The van der Waals surface area contributed by atoms with Crippen LogP contribution in [0.5, 0.6) is 0 Å². The predicted molar refractivity (Wildman–Crippen MR) is 73.4 cm³/mol. The van der Waals surface area contributed by atoms with Crippen molar-refractivity contribution < 1.29 is 5.11 Å². The van der Waals surface area contributed by atoms with Gasteiger partial charge in [0.1, 0.15) is 5.82 Å². The summed E-state index contributed by atoms with van der Waals surface area (Å²) in [7, 11) is 0. The molecule has 0 saturated heterocycles. The third-order valence-corrected chi connectivity index (χ3v) is 3.38. The molecule has 0 fully saturated rings. The average Bonchev–Trinajstić information content (AvgIpc) is 2.71. The van der Waals surface area contributed by atoms with Crippen molar-refractivity contribution in [1.82, 2.24) is 15.3 Å². The predicted octanol–water partition coefficient (Wildman–Crippen LogP) is 2.37. The van der Waals surface area contributed by atoms with Gasteiger partial charge in [-0.25, -0.2) is 4.98 Å². The number of hydrogen-bond donors (Lipinski definition) is 3. The Kier molecular flexibility index (Phi) is 3.41. The largest absolute Gasteiger partial charge is 0.389 e. The SMILES string of the molecule is CC(NC(C)C(C)(C)O)c1nc2ccccc2[nH]1. The number of H-pyrrole nitrogens is 1. The lowest BCUT2D eigenvalue weighted by molar-refractivity contribution is 0.0402. The molecule has 0 aliphatic carbocycles. The highest BCUT2D eigenvalue weighted by Crippen LogP contribution is 2.18. The summed E-state index contributed by atoms with van der Waals surface area (Å²) in [6.45, 7) is 7.62. The molecule has 0 aliphatic heterocycles. The van der Waals surface area contributed by atoms with Crippen LogP contribution >= 0.6 is 0 Å². The second-order valence-electron chi connectivity index (χ2n) is 5.40. The van der Waals surface area contributed by atoms with Gasteiger partial charge in [0.05, 0.1) is 22.7 Å². The molecule has 0 radical (unpaired) electrons. The monoisotopic (exact) mass is 247 g/mol. The normalized spacial score (nSPS) is 15.8. The number of benzene rings is 1. The summed E-state index contributed by atoms with van der Waals surface area (Å²) >= 11 is 0. The number of aromatic nitrogens is 2. The third kappa shape index (κ3) is 2.71. The average molecular weight is 247 g/mol. The highest BCUT2D eigenvalue weighted by molar-refractivity contribution is 5.74. The van der Waals surface area contributed by atoms with Crippen LogP contribution in [0.15, 0.2) is 24.3 Å². The Morgan fingerprint density at radius 2 is 1.94 bits per heavy atom. The number of aromatic amines is 1. The smallest absolute Gasteiger partial charge is 0.124 e. The van der Waals surface area contributed by atoms with Crippen molar-refractivity contribution in [1.29, 1.82) is 0 Å². The molecule has 0 bridgehead atoms. The van der Waals surface area contributed by atoms with Crippen molar-refractivity contribution in [3.05, 3.63) is 30.1 Å². The van der Waals surface area contributed by atoms with E-state index in [1.54, 1.807) is 13.8 Å². The maximum absolute atomic E-state index is 9.93. The lowest BCUT2D eigenvalue weighted by Gasteiger charge is -2.29. The molecule has 2 atom stereocenters. The third-order valence-electron chi connectivity index (χ3n) is 3.38. The van der Waals surface area contributed by atoms with E-state index in [2.05, 4.69) is 15.3 Å². The van der Waals surface area contributed by atoms with E-state index in [-0.39, 0.29) is 12.1 Å². The number of para-hydroxylation sites is 2. The summed E-state index contributed by atoms with van der Waals surface area (Å²) in [5, 5.41) is 13.3. The summed E-state index contributed by atoms with van der Waals surface area (Å²) in [4.78, 5) is 7.84. The maximum Gasteiger partial charge on any atom is 0.124 e. The second-order valence-corrected chi connectivity index (χ2v) is 5.40. The highest BCUT2D eigenvalue weighted by Gasteiger charge is 2.24. The number of aliphatic hydroxyl groups is 1. The van der Waals surface area contributed by atoms with Gasteiger partial charge in [-0.2, -0.15) is 0 Å². The summed E-state index contributed by atoms with van der Waals surface area (Å²) in [5.41, 5.74) is 1.26. The Morgan fingerprint density at radius 3 is 2.56 bits per heavy atom. The second kappa shape index (κ2) is 4.71. The molecule has 1 aromatic heterocycles. The number of rotatable bonds is 4. The summed E-state index contributed by atoms with van der Waals surface area (Å²) in [6.07, 6.45) is 0. The van der Waals surface area contributed by atoms with Crippen LogP contribution < -0.4 is 5.32 Å². The maximum atomic E-state index is 9.93. The van der Waals surface area contributed by atoms with Crippen LogP contribution in [0, 0.1) is 0 Å². The number of nitrogens with one attached hydrogen (secondary N) is 2. The van der Waals surface area contributed by atoms with Gasteiger partial charge in [-0.1, -0.05) is 12.1 Å². The Labute approximate surface area is 107 Å². The molecule has 0 amide bonds. The fourth-order valence-electron chi connectivity index (χ4n) is 1.84. The van der Waals surface area contributed by atoms with Crippen LogP contribution in [0.1, 0.15) is 39.6 Å². The molecule has 4 nitrogen and oxygen atoms in total. The zero-order valence-electron chi connectivity index (χ0n) is 11.4. The molecule has 3 N–H and O–H groups in total. The van der Waals surface area contributed by atoms with Crippen LogP contribution in [0.25, 0.3) is 11.0 Å². The Hall–Kier alpha value is -1.39. The van der Waals surface area contributed by atoms with Crippen LogP contribution in [0.2, 0.25) is 0 Å². The Morgan fingerprint density at radius 1 is 1.28 bits per heavy atom. The zero-order valence-corrected chi connectivity index (χ0v) is 11.4. The van der Waals surface area contributed by atoms with Gasteiger partial charge in [0.2, 0.25) is 0 Å². The summed E-state index contributed by atoms with van der Waals surface area (Å²) < 4.78 is 0. The number of imidazole rings is 1. The topological polar surface area (TPSA) is 60.9 Å². The molecule has 98 valence electrons. The first-order valence-corrected chi connectivity index (χ1v) is 6.31. The van der Waals surface area contributed by atoms with E-state index in [0.717, 1.165) is 16.9 Å². The van der Waals surface area contributed by atoms with Gasteiger partial charge in [0, 0.05) is 6.04 Å². The molecule has 18 heavy (non-hydrogen) atoms. The van der Waals surface area contributed by atoms with E-state index in [0.29, 0.717) is 0 Å². The van der Waals surface area contributed by atoms with E-state index < -0.39 is 5.60 Å². The minimum atomic E-state index is -0.750. The standard InChI is InChI=1S/C14H21N3O/c1-9(15-10(2)14(3,4)18)13-16-11-7-5-6-8-12(11)17-13/h5-10,15,18H,1-4H3,(H,16,17). The molecular weight excluding hydrogens is 226 g/mol. The molecule has 0 saturated carbocycles. The Balaban J connectivity index is 2.16. The van der Waals surface area contributed by atoms with Crippen molar-refractivity contribution in [2.24, 2.45) is 0 Å². The van der Waals surface area contributed by atoms with Gasteiger partial charge in [-0.05, 0) is 39.8 Å². The molecule has 0 aliphatic rings. The van der Waals surface area contributed by atoms with E-state index >= 15 is 0 Å². The van der Waals surface area contributed by atoms with E-state index in [9.17, 15) is 5.11 Å². The molecule has 2 aromatic rings. The number of hydrogen-bond acceptors (Lipinski definition) is 3. The highest BCUT2D eigenvalue weighted by atomic mass is 16.3. The molecule has 1 aromatic carbocycles. The number of nitrogens with zero attached hydrogens (tertiary/aromatic N) is 1. The molecule has 2 rings (SSSR count). The summed E-state index contributed by atoms with van der Waals surface area (Å²) in [5.74, 6) is 0.896. The van der Waals surface area contributed by atoms with Gasteiger partial charge in [-0.15, -0.1) is 0 Å². The van der Waals surface area contributed by atoms with Gasteiger partial charge < -0.3 is 15.4 Å². The van der Waals surface area contributed by atoms with Crippen molar-refractivity contribution in [3.8, 4) is 0 Å². The molecular formula is C14H21N3O. The van der Waals surface area contributed by atoms with Gasteiger partial charge in [-0.3, -0.25) is 0 Å². The lowest BCUT2D eigenvalue weighted by Crippen LogP contribution is -2.45. The van der Waals surface area contributed by atoms with Crippen molar-refractivity contribution >= 4 is 11.0 Å². The minimum absolute atomic E-state index is 0.0132. The molecule has 1 heterocycles. The van der Waals surface area contributed by atoms with Crippen LogP contribution in [-0.4, -0.2) is 26.7 Å². The van der Waals surface area contributed by atoms with Crippen molar-refractivity contribution in [3.63, 3.8) is 0 Å². The van der Waals surface area contributed by atoms with Crippen LogP contribution in [-0.2, 0) is 0 Å². The zero-order chi connectivity index (χ0) is 13.3. The van der Waals surface area contributed by atoms with Crippen molar-refractivity contribution in [2.45, 2.75) is 45.4 Å². The lowest BCUT2D eigenvalue weighted by atomic mass is 10.00. The van der Waals surface area contributed by atoms with Gasteiger partial charge >= 0.3 is 0 Å². The van der Waals surface area contributed by atoms with E-state index in [1.165, 1.54) is 0 Å². The molecule has 0 spiro atoms. The van der Waals surface area contributed by atoms with E-state index in [4.69, 9.17) is 0 Å². The minimum Gasteiger partial charge on any atom is -0.389 e. The van der Waals surface area contributed by atoms with Gasteiger partial charge in [0.25, 0.3) is 0 Å². The van der Waals surface area contributed by atoms with Gasteiger partial charge in [0.15, 0.2) is 0 Å². The first-order valence-electron chi connectivity index (χ1n) is 6.31. The van der Waals surface area contributed by atoms with Crippen molar-refractivity contribution in [2.75, 3.05) is 0 Å². The molecule has 2 unspecified atom stereocenters. The first kappa shape index (κ1) is 13.1. The van der Waals surface area contributed by atoms with E-state index in [1.807, 2.05) is 38.1 Å². The fourth-order valence-corrected chi connectivity index (χ4v) is 1.84.